The lowest BCUT2D eigenvalue weighted by Gasteiger charge is -2.15. The molecule has 0 saturated heterocycles. The van der Waals surface area contributed by atoms with Gasteiger partial charge in [-0.05, 0) is 27.6 Å². The Morgan fingerprint density at radius 3 is 2.57 bits per heavy atom. The zero-order valence-electron chi connectivity index (χ0n) is 10.6. The van der Waals surface area contributed by atoms with Crippen LogP contribution in [0.3, 0.4) is 0 Å². The average Bonchev–Trinajstić information content (AvgIpc) is 2.47. The number of halogens is 2. The van der Waals surface area contributed by atoms with Gasteiger partial charge in [0.15, 0.2) is 6.04 Å². The number of pyridine rings is 1. The van der Waals surface area contributed by atoms with Gasteiger partial charge in [-0.25, -0.2) is 9.78 Å². The summed E-state index contributed by atoms with van der Waals surface area (Å²) in [5, 5.41) is 11.7. The minimum Gasteiger partial charge on any atom is -0.479 e. The van der Waals surface area contributed by atoms with Crippen LogP contribution in [0.2, 0.25) is 5.15 Å². The smallest absolute Gasteiger partial charge is 0.330 e. The highest BCUT2D eigenvalue weighted by Gasteiger charge is 2.23. The topological polar surface area (TPSA) is 79.3 Å². The van der Waals surface area contributed by atoms with E-state index in [1.165, 1.54) is 12.3 Å². The normalized spacial score (nSPS) is 11.7. The monoisotopic (exact) mass is 368 g/mol. The van der Waals surface area contributed by atoms with Gasteiger partial charge in [-0.15, -0.1) is 0 Å². The summed E-state index contributed by atoms with van der Waals surface area (Å²) in [6, 6.07) is 8.73. The number of aliphatic carboxylic acids is 1. The summed E-state index contributed by atoms with van der Waals surface area (Å²) >= 11 is 9.05. The molecule has 0 bridgehead atoms. The van der Waals surface area contributed by atoms with Crippen LogP contribution in [0.15, 0.2) is 47.1 Å². The summed E-state index contributed by atoms with van der Waals surface area (Å²) in [5.74, 6) is -1.77. The molecule has 108 valence electrons. The lowest BCUT2D eigenvalue weighted by Crippen LogP contribution is -2.34. The quantitative estimate of drug-likeness (QED) is 0.812. The van der Waals surface area contributed by atoms with E-state index in [-0.39, 0.29) is 10.7 Å². The maximum Gasteiger partial charge on any atom is 0.330 e. The number of carbonyl (C=O) groups is 2. The van der Waals surface area contributed by atoms with Crippen LogP contribution in [0, 0.1) is 0 Å². The van der Waals surface area contributed by atoms with Crippen LogP contribution < -0.4 is 5.32 Å². The second-order valence-corrected chi connectivity index (χ2v) is 5.42. The van der Waals surface area contributed by atoms with E-state index >= 15 is 0 Å². The van der Waals surface area contributed by atoms with Crippen molar-refractivity contribution in [1.29, 1.82) is 0 Å². The Morgan fingerprint density at radius 1 is 1.29 bits per heavy atom. The zero-order valence-corrected chi connectivity index (χ0v) is 12.9. The molecule has 0 spiro atoms. The first-order valence-corrected chi connectivity index (χ1v) is 7.06. The molecule has 2 N–H and O–H groups in total. The summed E-state index contributed by atoms with van der Waals surface area (Å²) in [5.41, 5.74) is 0.575. The van der Waals surface area contributed by atoms with Crippen LogP contribution in [0.25, 0.3) is 0 Å². The predicted molar refractivity (Wildman–Crippen MR) is 81.2 cm³/mol. The Labute approximate surface area is 134 Å². The summed E-state index contributed by atoms with van der Waals surface area (Å²) in [6.45, 7) is 0. The number of rotatable bonds is 4. The van der Waals surface area contributed by atoms with Crippen LogP contribution in [0.4, 0.5) is 0 Å². The number of hydrogen-bond donors (Lipinski definition) is 2. The van der Waals surface area contributed by atoms with Gasteiger partial charge in [-0.3, -0.25) is 4.79 Å². The molecule has 0 aliphatic heterocycles. The Kier molecular flexibility index (Phi) is 4.93. The third kappa shape index (κ3) is 3.80. The van der Waals surface area contributed by atoms with E-state index in [0.29, 0.717) is 10.0 Å². The van der Waals surface area contributed by atoms with Gasteiger partial charge < -0.3 is 10.4 Å². The van der Waals surface area contributed by atoms with Gasteiger partial charge in [0.2, 0.25) is 0 Å². The summed E-state index contributed by atoms with van der Waals surface area (Å²) in [4.78, 5) is 27.4. The molecule has 7 heteroatoms. The van der Waals surface area contributed by atoms with Crippen molar-refractivity contribution in [3.05, 3.63) is 63.3 Å². The van der Waals surface area contributed by atoms with Crippen molar-refractivity contribution in [2.24, 2.45) is 0 Å². The number of aromatic nitrogens is 1. The minimum absolute atomic E-state index is 0.00732. The summed E-state index contributed by atoms with van der Waals surface area (Å²) < 4.78 is 0.573. The van der Waals surface area contributed by atoms with Crippen LogP contribution in [-0.2, 0) is 4.79 Å². The van der Waals surface area contributed by atoms with E-state index in [1.807, 2.05) is 0 Å². The third-order valence-corrected chi connectivity index (χ3v) is 3.44. The van der Waals surface area contributed by atoms with E-state index < -0.39 is 17.9 Å². The van der Waals surface area contributed by atoms with E-state index in [9.17, 15) is 14.7 Å². The Bertz CT molecular complexity index is 679. The average molecular weight is 370 g/mol. The van der Waals surface area contributed by atoms with E-state index in [1.54, 1.807) is 30.3 Å². The molecule has 0 fully saturated rings. The van der Waals surface area contributed by atoms with Crippen LogP contribution in [-0.4, -0.2) is 22.0 Å². The Hall–Kier alpha value is -1.92. The van der Waals surface area contributed by atoms with Crippen molar-refractivity contribution < 1.29 is 14.7 Å². The molecule has 0 unspecified atom stereocenters. The van der Waals surface area contributed by atoms with Crippen molar-refractivity contribution in [2.75, 3.05) is 0 Å². The number of amides is 1. The molecular weight excluding hydrogens is 360 g/mol. The standard InChI is InChI=1S/C14H10BrClN2O3/c15-9-6-10(12(16)17-7-9)13(19)18-11(14(20)21)8-4-2-1-3-5-8/h1-7,11H,(H,18,19)(H,20,21)/t11-/m1/s1. The highest BCUT2D eigenvalue weighted by atomic mass is 79.9. The molecule has 1 aromatic heterocycles. The fourth-order valence-electron chi connectivity index (χ4n) is 1.72. The van der Waals surface area contributed by atoms with Gasteiger partial charge in [-0.1, -0.05) is 41.9 Å². The van der Waals surface area contributed by atoms with Crippen molar-refractivity contribution in [3.63, 3.8) is 0 Å². The number of hydrogen-bond acceptors (Lipinski definition) is 3. The second-order valence-electron chi connectivity index (χ2n) is 4.15. The molecule has 0 radical (unpaired) electrons. The lowest BCUT2D eigenvalue weighted by molar-refractivity contribution is -0.139. The molecule has 2 rings (SSSR count). The number of nitrogens with one attached hydrogen (secondary N) is 1. The van der Waals surface area contributed by atoms with Gasteiger partial charge in [0, 0.05) is 10.7 Å². The molecule has 0 aliphatic rings. The maximum absolute atomic E-state index is 12.2. The SMILES string of the molecule is O=C(N[C@@H](C(=O)O)c1ccccc1)c1cc(Br)cnc1Cl. The van der Waals surface area contributed by atoms with Gasteiger partial charge in [0.25, 0.3) is 5.91 Å². The number of carboxylic acids is 1. The minimum atomic E-state index is -1.16. The highest BCUT2D eigenvalue weighted by Crippen LogP contribution is 2.20. The van der Waals surface area contributed by atoms with Gasteiger partial charge in [-0.2, -0.15) is 0 Å². The fraction of sp³-hybridized carbons (Fsp3) is 0.0714. The largest absolute Gasteiger partial charge is 0.479 e. The first-order chi connectivity index (χ1) is 9.99. The molecule has 2 aromatic rings. The Balaban J connectivity index is 2.27. The Morgan fingerprint density at radius 2 is 1.95 bits per heavy atom. The van der Waals surface area contributed by atoms with Crippen molar-refractivity contribution in [2.45, 2.75) is 6.04 Å². The number of carbonyl (C=O) groups excluding carboxylic acids is 1. The molecule has 21 heavy (non-hydrogen) atoms. The van der Waals surface area contributed by atoms with Gasteiger partial charge in [0.05, 0.1) is 5.56 Å². The molecule has 1 amide bonds. The van der Waals surface area contributed by atoms with Crippen molar-refractivity contribution >= 4 is 39.4 Å². The number of nitrogens with zero attached hydrogens (tertiary/aromatic N) is 1. The first-order valence-electron chi connectivity index (χ1n) is 5.88. The molecule has 5 nitrogen and oxygen atoms in total. The molecule has 0 aliphatic carbocycles. The van der Waals surface area contributed by atoms with Crippen molar-refractivity contribution in [1.82, 2.24) is 10.3 Å². The van der Waals surface area contributed by atoms with E-state index in [0.717, 1.165) is 0 Å². The van der Waals surface area contributed by atoms with Crippen LogP contribution in [0.1, 0.15) is 22.0 Å². The first kappa shape index (κ1) is 15.5. The molecule has 1 aromatic carbocycles. The van der Waals surface area contributed by atoms with Crippen LogP contribution >= 0.6 is 27.5 Å². The molecule has 0 saturated carbocycles. The highest BCUT2D eigenvalue weighted by molar-refractivity contribution is 9.10. The lowest BCUT2D eigenvalue weighted by atomic mass is 10.1. The maximum atomic E-state index is 12.2. The summed E-state index contributed by atoms with van der Waals surface area (Å²) in [6.07, 6.45) is 1.45. The third-order valence-electron chi connectivity index (χ3n) is 2.71. The van der Waals surface area contributed by atoms with Crippen LogP contribution in [0.5, 0.6) is 0 Å². The van der Waals surface area contributed by atoms with Gasteiger partial charge >= 0.3 is 5.97 Å². The summed E-state index contributed by atoms with van der Waals surface area (Å²) in [7, 11) is 0. The number of benzene rings is 1. The predicted octanol–water partition coefficient (Wildman–Crippen LogP) is 3.05. The zero-order chi connectivity index (χ0) is 15.4. The van der Waals surface area contributed by atoms with Crippen molar-refractivity contribution in [3.8, 4) is 0 Å². The van der Waals surface area contributed by atoms with E-state index in [2.05, 4.69) is 26.2 Å². The molecule has 1 heterocycles. The number of carboxylic acid groups (broad SMARTS) is 1. The van der Waals surface area contributed by atoms with Gasteiger partial charge in [0.1, 0.15) is 5.15 Å². The second kappa shape index (κ2) is 6.69. The fourth-order valence-corrected chi connectivity index (χ4v) is 2.24. The van der Waals surface area contributed by atoms with E-state index in [4.69, 9.17) is 11.6 Å². The molecular formula is C14H10BrClN2O3. The molecule has 1 atom stereocenters.